The van der Waals surface area contributed by atoms with Gasteiger partial charge in [0.1, 0.15) is 34.4 Å². The van der Waals surface area contributed by atoms with E-state index in [1.165, 1.54) is 20.0 Å². The third kappa shape index (κ3) is 8.93. The molecular weight excluding hydrogens is 737 g/mol. The summed E-state index contributed by atoms with van der Waals surface area (Å²) in [4.78, 5) is 23.5. The van der Waals surface area contributed by atoms with Gasteiger partial charge in [0.15, 0.2) is 5.82 Å². The summed E-state index contributed by atoms with van der Waals surface area (Å²) >= 11 is 0.698. The molecule has 0 bridgehead atoms. The number of aliphatic hydroxyl groups excluding tert-OH is 1. The number of alkyl halides is 4. The zero-order chi connectivity index (χ0) is 39.2. The van der Waals surface area contributed by atoms with E-state index >= 15 is 4.39 Å². The molecule has 4 aromatic rings. The number of nitrogens with zero attached hydrogens (tertiary/aromatic N) is 5. The summed E-state index contributed by atoms with van der Waals surface area (Å²) < 4.78 is 90.2. The van der Waals surface area contributed by atoms with E-state index in [1.807, 2.05) is 4.90 Å². The fourth-order valence-corrected chi connectivity index (χ4v) is 8.08. The zero-order valence-corrected chi connectivity index (χ0v) is 30.9. The first-order valence-corrected chi connectivity index (χ1v) is 18.7. The number of aromatic nitrogens is 2. The number of aliphatic hydroxyl groups is 1. The standard InChI is InChI=1S/C21H14F5N5OS.C9H17NO2.C7H12FN/c1-3-29-19-9-6-11(21(24,25)26)14(15(23)16(9)30-20(31-19)32-2)8-4-5-12(22)17-13(8)10(7-27)18(28)33-17;11-8-4-1-5-9(12)10-6-2-3-7-10;8-6-4-7-2-1-3-9(7)5-6/h4-6H,3,28H2,1-2H3,(H,29,30,31);11H,1-8H2;6-7H,1-5H2. The van der Waals surface area contributed by atoms with Crippen molar-refractivity contribution in [3.63, 3.8) is 0 Å². The van der Waals surface area contributed by atoms with Crippen LogP contribution in [0.5, 0.6) is 6.01 Å². The first-order valence-electron chi connectivity index (χ1n) is 17.9. The molecule has 3 saturated heterocycles. The van der Waals surface area contributed by atoms with Crippen molar-refractivity contribution in [2.24, 2.45) is 0 Å². The van der Waals surface area contributed by atoms with Gasteiger partial charge in [-0.2, -0.15) is 28.4 Å². The number of unbranched alkanes of at least 4 members (excludes halogenated alkanes) is 1. The highest BCUT2D eigenvalue weighted by Crippen LogP contribution is 2.47. The van der Waals surface area contributed by atoms with Gasteiger partial charge >= 0.3 is 12.2 Å². The normalized spacial score (nSPS) is 18.2. The van der Waals surface area contributed by atoms with Crippen molar-refractivity contribution in [3.8, 4) is 23.2 Å². The van der Waals surface area contributed by atoms with Crippen LogP contribution in [0.25, 0.3) is 32.1 Å². The Bertz CT molecular complexity index is 1990. The number of hydrogen-bond donors (Lipinski definition) is 3. The van der Waals surface area contributed by atoms with Crippen LogP contribution in [0.2, 0.25) is 0 Å². The summed E-state index contributed by atoms with van der Waals surface area (Å²) in [5, 5.41) is 20.3. The van der Waals surface area contributed by atoms with Gasteiger partial charge in [-0.05, 0) is 76.1 Å². The molecule has 0 radical (unpaired) electrons. The van der Waals surface area contributed by atoms with Crippen LogP contribution in [0.15, 0.2) is 18.2 Å². The minimum Gasteiger partial charge on any atom is -0.467 e. The van der Waals surface area contributed by atoms with E-state index in [9.17, 15) is 32.0 Å². The molecule has 2 aromatic heterocycles. The number of likely N-dealkylation sites (tertiary alicyclic amines) is 1. The Balaban J connectivity index is 0.000000215. The Labute approximate surface area is 312 Å². The molecule has 4 N–H and O–H groups in total. The number of benzene rings is 2. The van der Waals surface area contributed by atoms with Gasteiger partial charge in [0.25, 0.3) is 0 Å². The molecular formula is C37H43F6N7O3S. The number of fused-ring (bicyclic) bond motifs is 3. The second-order valence-corrected chi connectivity index (χ2v) is 14.3. The van der Waals surface area contributed by atoms with E-state index in [4.69, 9.17) is 15.6 Å². The maximum absolute atomic E-state index is 15.9. The molecule has 1 amide bonds. The Morgan fingerprint density at radius 1 is 1.17 bits per heavy atom. The summed E-state index contributed by atoms with van der Waals surface area (Å²) in [5.74, 6) is -1.89. The molecule has 17 heteroatoms. The molecule has 0 aliphatic carbocycles. The second kappa shape index (κ2) is 17.8. The molecule has 5 heterocycles. The average molecular weight is 780 g/mol. The predicted octanol–water partition coefficient (Wildman–Crippen LogP) is 7.67. The largest absolute Gasteiger partial charge is 0.467 e. The van der Waals surface area contributed by atoms with Crippen LogP contribution < -0.4 is 15.8 Å². The minimum absolute atomic E-state index is 0.0444. The van der Waals surface area contributed by atoms with Crippen molar-refractivity contribution in [3.05, 3.63) is 41.0 Å². The van der Waals surface area contributed by atoms with Gasteiger partial charge in [-0.3, -0.25) is 9.69 Å². The van der Waals surface area contributed by atoms with Crippen molar-refractivity contribution in [2.45, 2.75) is 76.7 Å². The summed E-state index contributed by atoms with van der Waals surface area (Å²) in [6, 6.07) is 4.75. The predicted molar refractivity (Wildman–Crippen MR) is 196 cm³/mol. The maximum atomic E-state index is 15.9. The highest BCUT2D eigenvalue weighted by Gasteiger charge is 2.38. The van der Waals surface area contributed by atoms with Gasteiger partial charge in [-0.15, -0.1) is 11.3 Å². The quantitative estimate of drug-likeness (QED) is 0.121. The van der Waals surface area contributed by atoms with Gasteiger partial charge in [0.05, 0.1) is 22.9 Å². The van der Waals surface area contributed by atoms with E-state index in [1.54, 1.807) is 13.0 Å². The minimum atomic E-state index is -5.00. The first kappa shape index (κ1) is 40.8. The Morgan fingerprint density at radius 2 is 1.91 bits per heavy atom. The maximum Gasteiger partial charge on any atom is 0.417 e. The molecule has 2 unspecified atom stereocenters. The van der Waals surface area contributed by atoms with Crippen LogP contribution in [0.4, 0.5) is 37.2 Å². The number of nitrogen functional groups attached to an aromatic ring is 1. The number of rotatable bonds is 8. The summed E-state index contributed by atoms with van der Waals surface area (Å²) in [6.07, 6.45) is 2.32. The smallest absolute Gasteiger partial charge is 0.417 e. The van der Waals surface area contributed by atoms with Gasteiger partial charge < -0.3 is 25.8 Å². The van der Waals surface area contributed by atoms with Crippen molar-refractivity contribution >= 4 is 49.1 Å². The Hall–Kier alpha value is -4.40. The van der Waals surface area contributed by atoms with Gasteiger partial charge in [0, 0.05) is 61.6 Å². The lowest BCUT2D eigenvalue weighted by Gasteiger charge is -2.18. The number of anilines is 2. The summed E-state index contributed by atoms with van der Waals surface area (Å²) in [7, 11) is 1.23. The number of ether oxygens (including phenoxy) is 1. The third-order valence-corrected chi connectivity index (χ3v) is 10.7. The Morgan fingerprint density at radius 3 is 2.54 bits per heavy atom. The molecule has 3 aliphatic rings. The molecule has 292 valence electrons. The van der Waals surface area contributed by atoms with Gasteiger partial charge in [0.2, 0.25) is 5.91 Å². The number of thiophene rings is 1. The number of hydrogen-bond acceptors (Lipinski definition) is 10. The van der Waals surface area contributed by atoms with E-state index in [2.05, 4.69) is 20.2 Å². The van der Waals surface area contributed by atoms with Crippen LogP contribution in [-0.4, -0.2) is 89.4 Å². The molecule has 0 spiro atoms. The SMILES string of the molecule is CCNc1nc(OC)nc2c(F)c(-c3ccc(F)c4sc(N)c(C#N)c34)c(C(F)(F)F)cc12.FC1CC2CCCN2C1.O=C(CCCCO)N1CCCC1. The molecule has 0 saturated carbocycles. The summed E-state index contributed by atoms with van der Waals surface area (Å²) in [6.45, 7) is 5.92. The van der Waals surface area contributed by atoms with Crippen LogP contribution in [-0.2, 0) is 11.0 Å². The van der Waals surface area contributed by atoms with E-state index in [0.29, 0.717) is 30.3 Å². The van der Waals surface area contributed by atoms with Crippen molar-refractivity contribution in [1.82, 2.24) is 19.8 Å². The van der Waals surface area contributed by atoms with Crippen molar-refractivity contribution in [1.29, 1.82) is 5.26 Å². The van der Waals surface area contributed by atoms with Crippen molar-refractivity contribution in [2.75, 3.05) is 57.5 Å². The lowest BCUT2D eigenvalue weighted by Crippen LogP contribution is -2.27. The number of nitriles is 1. The van der Waals surface area contributed by atoms with Crippen LogP contribution >= 0.6 is 11.3 Å². The molecule has 54 heavy (non-hydrogen) atoms. The Kier molecular flexibility index (Phi) is 13.5. The average Bonchev–Trinajstić information content (AvgIpc) is 3.95. The fourth-order valence-electron chi connectivity index (χ4n) is 7.13. The lowest BCUT2D eigenvalue weighted by molar-refractivity contribution is -0.137. The zero-order valence-electron chi connectivity index (χ0n) is 30.0. The molecule has 10 nitrogen and oxygen atoms in total. The van der Waals surface area contributed by atoms with Crippen molar-refractivity contribution < 1.29 is 41.0 Å². The summed E-state index contributed by atoms with van der Waals surface area (Å²) in [5.41, 5.74) is 2.59. The second-order valence-electron chi connectivity index (χ2n) is 13.2. The van der Waals surface area contributed by atoms with Gasteiger partial charge in [-0.25, -0.2) is 13.2 Å². The highest BCUT2D eigenvalue weighted by atomic mass is 32.1. The molecule has 2 atom stereocenters. The molecule has 3 aliphatic heterocycles. The van der Waals surface area contributed by atoms with Gasteiger partial charge in [-0.1, -0.05) is 6.07 Å². The van der Waals surface area contributed by atoms with Crippen LogP contribution in [0.3, 0.4) is 0 Å². The van der Waals surface area contributed by atoms with E-state index in [0.717, 1.165) is 69.9 Å². The van der Waals surface area contributed by atoms with E-state index in [-0.39, 0.29) is 62.5 Å². The highest BCUT2D eigenvalue weighted by molar-refractivity contribution is 7.23. The molecule has 2 aromatic carbocycles. The third-order valence-electron chi connectivity index (χ3n) is 9.66. The first-order chi connectivity index (χ1) is 25.8. The number of carbonyl (C=O) groups is 1. The monoisotopic (exact) mass is 779 g/mol. The number of carbonyl (C=O) groups excluding carboxylic acids is 1. The number of amides is 1. The number of methoxy groups -OCH3 is 1. The topological polar surface area (TPSA) is 141 Å². The fraction of sp³-hybridized carbons (Fsp3) is 0.514. The molecule has 7 rings (SSSR count). The van der Waals surface area contributed by atoms with E-state index < -0.39 is 40.6 Å². The lowest BCUT2D eigenvalue weighted by atomic mass is 9.92. The number of halogens is 6. The number of nitrogens with two attached hydrogens (primary N) is 1. The van der Waals surface area contributed by atoms with Crippen LogP contribution in [0, 0.1) is 23.0 Å². The molecule has 3 fully saturated rings. The number of nitrogens with one attached hydrogen (secondary N) is 1. The van der Waals surface area contributed by atoms with Crippen LogP contribution in [0.1, 0.15) is 69.4 Å².